The number of benzene rings is 4. The number of nitrogens with one attached hydrogen (secondary N) is 2. The highest BCUT2D eigenvalue weighted by molar-refractivity contribution is 6.27. The minimum absolute atomic E-state index is 0.0671. The Kier molecular flexibility index (Phi) is 12.5. The lowest BCUT2D eigenvalue weighted by atomic mass is 9.69. The van der Waals surface area contributed by atoms with Crippen LogP contribution in [-0.4, -0.2) is 60.0 Å². The van der Waals surface area contributed by atoms with Gasteiger partial charge in [-0.15, -0.1) is 0 Å². The van der Waals surface area contributed by atoms with E-state index in [0.29, 0.717) is 65.5 Å². The first kappa shape index (κ1) is 41.2. The number of ketones is 2. The van der Waals surface area contributed by atoms with Crippen LogP contribution in [0.3, 0.4) is 0 Å². The van der Waals surface area contributed by atoms with Crippen LogP contribution in [0.5, 0.6) is 17.2 Å². The van der Waals surface area contributed by atoms with Crippen molar-refractivity contribution in [2.24, 2.45) is 16.8 Å². The van der Waals surface area contributed by atoms with Crippen LogP contribution in [0.4, 0.5) is 11.4 Å². The summed E-state index contributed by atoms with van der Waals surface area (Å²) in [6.07, 6.45) is 4.16. The zero-order valence-corrected chi connectivity index (χ0v) is 33.9. The third-order valence-electron chi connectivity index (χ3n) is 11.1. The topological polar surface area (TPSA) is 170 Å². The molecule has 0 aromatic heterocycles. The number of phenolic OH excluding ortho intramolecular Hbond substituents is 1. The number of ether oxygens (including phenoxy) is 2. The number of anilines is 1. The minimum Gasteiger partial charge on any atom is -0.507 e. The van der Waals surface area contributed by atoms with E-state index in [1.54, 1.807) is 42.5 Å². The molecule has 4 aromatic carbocycles. The fourth-order valence-electron chi connectivity index (χ4n) is 8.04. The number of carbonyl (C=O) groups is 4. The fraction of sp³-hybridized carbons (Fsp3) is 0.292. The van der Waals surface area contributed by atoms with Gasteiger partial charge in [-0.1, -0.05) is 67.8 Å². The maximum atomic E-state index is 14.2. The number of nitriles is 1. The molecule has 0 radical (unpaired) electrons. The average molecular weight is 806 g/mol. The SMILES string of the molecule is CCC(Oc1ccc(C)cc1C)C(=O)NC1=CC(=Nc2ccc(N(CC#N)CCOc3ccc(C(=O)c4ccccc4)c(O)c3)cc2)C2=C(C1=O)C1CCCCC1C(=O)N2. The van der Waals surface area contributed by atoms with Crippen molar-refractivity contribution < 1.29 is 33.8 Å². The lowest BCUT2D eigenvalue weighted by molar-refractivity contribution is -0.129. The van der Waals surface area contributed by atoms with Crippen molar-refractivity contribution in [2.45, 2.75) is 59.0 Å². The predicted molar refractivity (Wildman–Crippen MR) is 227 cm³/mol. The van der Waals surface area contributed by atoms with Gasteiger partial charge in [-0.05, 0) is 87.2 Å². The summed E-state index contributed by atoms with van der Waals surface area (Å²) in [5.41, 5.74) is 5.09. The van der Waals surface area contributed by atoms with Gasteiger partial charge in [0, 0.05) is 34.7 Å². The third-order valence-corrected chi connectivity index (χ3v) is 11.1. The van der Waals surface area contributed by atoms with Crippen LogP contribution in [0.1, 0.15) is 66.1 Å². The monoisotopic (exact) mass is 805 g/mol. The number of hydrogen-bond donors (Lipinski definition) is 3. The number of rotatable bonds is 14. The number of aryl methyl sites for hydroxylation is 2. The second-order valence-electron chi connectivity index (χ2n) is 15.3. The smallest absolute Gasteiger partial charge is 0.265 e. The number of aromatic hydroxyl groups is 1. The van der Waals surface area contributed by atoms with E-state index in [1.807, 2.05) is 62.1 Å². The number of amides is 2. The maximum Gasteiger partial charge on any atom is 0.265 e. The summed E-state index contributed by atoms with van der Waals surface area (Å²) in [6.45, 7) is 6.33. The Morgan fingerprint density at radius 1 is 0.983 bits per heavy atom. The van der Waals surface area contributed by atoms with E-state index in [-0.39, 0.29) is 59.5 Å². The van der Waals surface area contributed by atoms with Gasteiger partial charge in [-0.25, -0.2) is 4.99 Å². The third kappa shape index (κ3) is 9.00. The first-order chi connectivity index (χ1) is 29.0. The second-order valence-corrected chi connectivity index (χ2v) is 15.3. The number of nitrogens with zero attached hydrogens (tertiary/aromatic N) is 3. The van der Waals surface area contributed by atoms with Crippen molar-refractivity contribution in [1.29, 1.82) is 5.26 Å². The van der Waals surface area contributed by atoms with Crippen LogP contribution in [0, 0.1) is 37.0 Å². The molecule has 2 aliphatic carbocycles. The van der Waals surface area contributed by atoms with Gasteiger partial charge in [-0.2, -0.15) is 5.26 Å². The average Bonchev–Trinajstić information content (AvgIpc) is 3.25. The molecule has 3 atom stereocenters. The van der Waals surface area contributed by atoms with Gasteiger partial charge >= 0.3 is 0 Å². The Morgan fingerprint density at radius 3 is 2.43 bits per heavy atom. The van der Waals surface area contributed by atoms with Gasteiger partial charge in [0.25, 0.3) is 5.91 Å². The number of phenols is 1. The summed E-state index contributed by atoms with van der Waals surface area (Å²) >= 11 is 0. The largest absolute Gasteiger partial charge is 0.507 e. The number of allylic oxidation sites excluding steroid dienone is 2. The van der Waals surface area contributed by atoms with Crippen molar-refractivity contribution in [3.8, 4) is 23.3 Å². The summed E-state index contributed by atoms with van der Waals surface area (Å²) in [5, 5.41) is 26.1. The van der Waals surface area contributed by atoms with E-state index in [9.17, 15) is 29.5 Å². The zero-order valence-electron chi connectivity index (χ0n) is 33.9. The molecular weight excluding hydrogens is 759 g/mol. The normalized spacial score (nSPS) is 18.3. The van der Waals surface area contributed by atoms with E-state index in [0.717, 1.165) is 29.7 Å². The zero-order chi connectivity index (χ0) is 42.3. The van der Waals surface area contributed by atoms with Crippen LogP contribution < -0.4 is 25.0 Å². The molecular formula is C48H47N5O7. The van der Waals surface area contributed by atoms with E-state index < -0.39 is 12.0 Å². The van der Waals surface area contributed by atoms with Gasteiger partial charge in [0.2, 0.25) is 11.7 Å². The first-order valence-electron chi connectivity index (χ1n) is 20.3. The highest BCUT2D eigenvalue weighted by Gasteiger charge is 2.45. The van der Waals surface area contributed by atoms with Crippen LogP contribution in [-0.2, 0) is 14.4 Å². The second kappa shape index (κ2) is 18.3. The van der Waals surface area contributed by atoms with Crippen LogP contribution in [0.25, 0.3) is 0 Å². The molecule has 2 amide bonds. The Labute approximate surface area is 349 Å². The van der Waals surface area contributed by atoms with E-state index in [2.05, 4.69) is 16.7 Å². The lowest BCUT2D eigenvalue weighted by Crippen LogP contribution is -2.49. The van der Waals surface area contributed by atoms with E-state index in [1.165, 1.54) is 18.2 Å². The van der Waals surface area contributed by atoms with Crippen LogP contribution in [0.15, 0.2) is 119 Å². The Hall–Kier alpha value is -7.00. The molecule has 7 rings (SSSR count). The molecule has 1 fully saturated rings. The van der Waals surface area contributed by atoms with Gasteiger partial charge in [-0.3, -0.25) is 19.2 Å². The molecule has 1 heterocycles. The van der Waals surface area contributed by atoms with Gasteiger partial charge < -0.3 is 30.1 Å². The van der Waals surface area contributed by atoms with Crippen LogP contribution in [0.2, 0.25) is 0 Å². The molecule has 0 bridgehead atoms. The molecule has 0 spiro atoms. The summed E-state index contributed by atoms with van der Waals surface area (Å²) < 4.78 is 12.0. The molecule has 4 aromatic rings. The Balaban J connectivity index is 1.09. The number of carbonyl (C=O) groups excluding carboxylic acids is 4. The van der Waals surface area contributed by atoms with Crippen LogP contribution >= 0.6 is 0 Å². The number of aliphatic imine (C=N–C) groups is 1. The molecule has 60 heavy (non-hydrogen) atoms. The molecule has 12 heteroatoms. The van der Waals surface area contributed by atoms with Crippen molar-refractivity contribution in [2.75, 3.05) is 24.6 Å². The molecule has 306 valence electrons. The van der Waals surface area contributed by atoms with Crippen molar-refractivity contribution in [3.63, 3.8) is 0 Å². The van der Waals surface area contributed by atoms with Crippen molar-refractivity contribution in [1.82, 2.24) is 10.6 Å². The lowest BCUT2D eigenvalue weighted by Gasteiger charge is -2.39. The van der Waals surface area contributed by atoms with Crippen molar-refractivity contribution in [3.05, 3.63) is 136 Å². The number of fused-ring (bicyclic) bond motifs is 2. The number of hydrogen-bond acceptors (Lipinski definition) is 10. The predicted octanol–water partition coefficient (Wildman–Crippen LogP) is 7.35. The standard InChI is InChI=1S/C48H47N5O7/c1-4-41(60-42-21-14-29(2)26-30(42)3)48(58)51-39-28-38(44-43(46(39)56)35-12-8-9-13-36(35)47(57)52-44)50-32-15-17-33(18-16-32)53(23-22-49)24-25-59-34-19-20-37(40(54)27-34)45(55)31-10-6-5-7-11-31/h5-7,10-11,14-21,26-28,35-36,41,54H,4,8-9,12-13,23-25H2,1-3H3,(H,51,58)(H,52,57). The molecule has 3 unspecified atom stereocenters. The highest BCUT2D eigenvalue weighted by Crippen LogP contribution is 2.42. The van der Waals surface area contributed by atoms with Gasteiger partial charge in [0.15, 0.2) is 11.9 Å². The molecule has 0 saturated heterocycles. The van der Waals surface area contributed by atoms with E-state index >= 15 is 0 Å². The highest BCUT2D eigenvalue weighted by atomic mass is 16.5. The van der Waals surface area contributed by atoms with Gasteiger partial charge in [0.05, 0.1) is 41.0 Å². The molecule has 12 nitrogen and oxygen atoms in total. The quantitative estimate of drug-likeness (QED) is 0.0670. The summed E-state index contributed by atoms with van der Waals surface area (Å²) in [5.74, 6) is -1.10. The Bertz CT molecular complexity index is 2450. The fourth-order valence-corrected chi connectivity index (χ4v) is 8.04. The van der Waals surface area contributed by atoms with Crippen molar-refractivity contribution >= 4 is 40.5 Å². The maximum absolute atomic E-state index is 14.2. The first-order valence-corrected chi connectivity index (χ1v) is 20.3. The summed E-state index contributed by atoms with van der Waals surface area (Å²) in [4.78, 5) is 60.9. The summed E-state index contributed by atoms with van der Waals surface area (Å²) in [7, 11) is 0. The molecule has 1 aliphatic heterocycles. The summed E-state index contributed by atoms with van der Waals surface area (Å²) in [6, 6.07) is 28.3. The minimum atomic E-state index is -0.859. The Morgan fingerprint density at radius 2 is 1.73 bits per heavy atom. The number of Topliss-reactive ketones (excluding diaryl/α,β-unsaturated/α-hetero) is 1. The molecule has 3 N–H and O–H groups in total. The van der Waals surface area contributed by atoms with E-state index in [4.69, 9.17) is 14.5 Å². The van der Waals surface area contributed by atoms with Gasteiger partial charge in [0.1, 0.15) is 30.4 Å². The molecule has 3 aliphatic rings. The molecule has 1 saturated carbocycles.